The smallest absolute Gasteiger partial charge is 0.0494 e. The van der Waals surface area contributed by atoms with E-state index in [9.17, 15) is 0 Å². The fourth-order valence-electron chi connectivity index (χ4n) is 0.807. The molecule has 0 aromatic rings. The van der Waals surface area contributed by atoms with Gasteiger partial charge in [0.1, 0.15) is 0 Å². The lowest BCUT2D eigenvalue weighted by Gasteiger charge is -2.16. The highest BCUT2D eigenvalue weighted by atomic mass is 16.5. The van der Waals surface area contributed by atoms with Crippen LogP contribution in [-0.2, 0) is 4.74 Å². The molecule has 0 aromatic carbocycles. The highest BCUT2D eigenvalue weighted by molar-refractivity contribution is 4.63. The normalized spacial score (nSPS) is 33.0. The highest BCUT2D eigenvalue weighted by Gasteiger charge is 2.06. The Bertz CT molecular complexity index is 46.1. The number of rotatable bonds is 0. The van der Waals surface area contributed by atoms with Gasteiger partial charge in [-0.05, 0) is 25.7 Å². The molecule has 0 amide bonds. The Morgan fingerprint density at radius 1 is 1.57 bits per heavy atom. The maximum absolute atomic E-state index is 5.12. The summed E-state index contributed by atoms with van der Waals surface area (Å²) in [6, 6.07) is 0. The lowest BCUT2D eigenvalue weighted by molar-refractivity contribution is 0.0701. The summed E-state index contributed by atoms with van der Waals surface area (Å²) >= 11 is 0. The average molecular weight is 99.2 g/mol. The number of hydrogen-bond acceptors (Lipinski definition) is 1. The van der Waals surface area contributed by atoms with Crippen LogP contribution in [0, 0.1) is 12.8 Å². The minimum Gasteiger partial charge on any atom is -0.381 e. The van der Waals surface area contributed by atoms with Gasteiger partial charge in [0.25, 0.3) is 0 Å². The molecule has 0 saturated carbocycles. The standard InChI is InChI=1S/C6H11O/c1-6-3-2-4-7-5-6/h6H,1-5H2. The Morgan fingerprint density at radius 2 is 2.43 bits per heavy atom. The van der Waals surface area contributed by atoms with Crippen molar-refractivity contribution >= 4 is 0 Å². The molecule has 0 N–H and O–H groups in total. The molecule has 1 nitrogen and oxygen atoms in total. The third kappa shape index (κ3) is 1.48. The Labute approximate surface area is 44.7 Å². The van der Waals surface area contributed by atoms with Gasteiger partial charge in [-0.3, -0.25) is 0 Å². The molecule has 1 radical (unpaired) electrons. The molecule has 0 aromatic heterocycles. The van der Waals surface area contributed by atoms with Crippen LogP contribution >= 0.6 is 0 Å². The van der Waals surface area contributed by atoms with Crippen molar-refractivity contribution in [2.45, 2.75) is 12.8 Å². The molecule has 0 bridgehead atoms. The molecule has 1 heteroatoms. The van der Waals surface area contributed by atoms with Crippen molar-refractivity contribution in [3.05, 3.63) is 6.92 Å². The summed E-state index contributed by atoms with van der Waals surface area (Å²) in [5.74, 6) is 0.564. The minimum absolute atomic E-state index is 0.564. The molecule has 0 aliphatic carbocycles. The summed E-state index contributed by atoms with van der Waals surface area (Å²) in [4.78, 5) is 0. The van der Waals surface area contributed by atoms with Gasteiger partial charge in [-0.1, -0.05) is 0 Å². The van der Waals surface area contributed by atoms with E-state index in [1.165, 1.54) is 12.8 Å². The van der Waals surface area contributed by atoms with Crippen LogP contribution in [0.2, 0.25) is 0 Å². The predicted molar refractivity (Wildman–Crippen MR) is 28.9 cm³/mol. The second-order valence-corrected chi connectivity index (χ2v) is 2.08. The summed E-state index contributed by atoms with van der Waals surface area (Å²) in [7, 11) is 0. The average Bonchev–Trinajstić information content (AvgIpc) is 1.69. The van der Waals surface area contributed by atoms with Crippen molar-refractivity contribution in [3.8, 4) is 0 Å². The van der Waals surface area contributed by atoms with E-state index < -0.39 is 0 Å². The maximum atomic E-state index is 5.12. The van der Waals surface area contributed by atoms with Crippen molar-refractivity contribution in [3.63, 3.8) is 0 Å². The van der Waals surface area contributed by atoms with Crippen LogP contribution in [0.3, 0.4) is 0 Å². The Kier molecular flexibility index (Phi) is 1.69. The first kappa shape index (κ1) is 5.10. The van der Waals surface area contributed by atoms with E-state index in [4.69, 9.17) is 4.74 Å². The first-order valence-electron chi connectivity index (χ1n) is 2.80. The molecule has 1 atom stereocenters. The topological polar surface area (TPSA) is 9.23 Å². The molecular weight excluding hydrogens is 88.1 g/mol. The quantitative estimate of drug-likeness (QED) is 0.444. The fraction of sp³-hybridized carbons (Fsp3) is 0.833. The van der Waals surface area contributed by atoms with Crippen LogP contribution in [0.25, 0.3) is 0 Å². The third-order valence-corrected chi connectivity index (χ3v) is 1.25. The molecule has 7 heavy (non-hydrogen) atoms. The van der Waals surface area contributed by atoms with Gasteiger partial charge in [0.05, 0.1) is 0 Å². The van der Waals surface area contributed by atoms with Crippen molar-refractivity contribution < 1.29 is 4.74 Å². The zero-order valence-electron chi connectivity index (χ0n) is 4.52. The molecule has 1 aliphatic rings. The highest BCUT2D eigenvalue weighted by Crippen LogP contribution is 2.10. The SMILES string of the molecule is [CH2]C1CCCOC1. The lowest BCUT2D eigenvalue weighted by atomic mass is 10.1. The Morgan fingerprint density at radius 3 is 2.71 bits per heavy atom. The molecule has 1 rings (SSSR count). The predicted octanol–water partition coefficient (Wildman–Crippen LogP) is 1.25. The van der Waals surface area contributed by atoms with Gasteiger partial charge in [-0.25, -0.2) is 0 Å². The van der Waals surface area contributed by atoms with Crippen LogP contribution in [0.4, 0.5) is 0 Å². The second kappa shape index (κ2) is 2.31. The molecule has 41 valence electrons. The van der Waals surface area contributed by atoms with Crippen LogP contribution in [0.1, 0.15) is 12.8 Å². The van der Waals surface area contributed by atoms with Gasteiger partial charge >= 0.3 is 0 Å². The third-order valence-electron chi connectivity index (χ3n) is 1.25. The molecule has 0 spiro atoms. The van der Waals surface area contributed by atoms with E-state index in [1.807, 2.05) is 0 Å². The molecule has 1 unspecified atom stereocenters. The van der Waals surface area contributed by atoms with Crippen molar-refractivity contribution in [1.82, 2.24) is 0 Å². The summed E-state index contributed by atoms with van der Waals surface area (Å²) in [5.41, 5.74) is 0. The Balaban J connectivity index is 2.12. The monoisotopic (exact) mass is 99.1 g/mol. The first-order chi connectivity index (χ1) is 3.39. The summed E-state index contributed by atoms with van der Waals surface area (Å²) in [6.07, 6.45) is 2.45. The summed E-state index contributed by atoms with van der Waals surface area (Å²) in [5, 5.41) is 0. The van der Waals surface area contributed by atoms with Gasteiger partial charge in [-0.2, -0.15) is 0 Å². The van der Waals surface area contributed by atoms with Gasteiger partial charge in [0.15, 0.2) is 0 Å². The minimum atomic E-state index is 0.564. The largest absolute Gasteiger partial charge is 0.381 e. The second-order valence-electron chi connectivity index (χ2n) is 2.08. The Hall–Kier alpha value is -0.0400. The molecule has 1 aliphatic heterocycles. The van der Waals surface area contributed by atoms with Gasteiger partial charge in [0, 0.05) is 13.2 Å². The van der Waals surface area contributed by atoms with Crippen molar-refractivity contribution in [2.24, 2.45) is 5.92 Å². The fourth-order valence-corrected chi connectivity index (χ4v) is 0.807. The van der Waals surface area contributed by atoms with Gasteiger partial charge < -0.3 is 4.74 Å². The van der Waals surface area contributed by atoms with Crippen LogP contribution in [-0.4, -0.2) is 13.2 Å². The number of hydrogen-bond donors (Lipinski definition) is 0. The van der Waals surface area contributed by atoms with Crippen molar-refractivity contribution in [1.29, 1.82) is 0 Å². The summed E-state index contributed by atoms with van der Waals surface area (Å²) in [6.45, 7) is 5.70. The first-order valence-corrected chi connectivity index (χ1v) is 2.80. The summed E-state index contributed by atoms with van der Waals surface area (Å²) < 4.78 is 5.12. The van der Waals surface area contributed by atoms with Crippen molar-refractivity contribution in [2.75, 3.05) is 13.2 Å². The van der Waals surface area contributed by atoms with E-state index in [1.54, 1.807) is 0 Å². The van der Waals surface area contributed by atoms with Crippen LogP contribution in [0.15, 0.2) is 0 Å². The zero-order chi connectivity index (χ0) is 5.11. The van der Waals surface area contributed by atoms with Gasteiger partial charge in [-0.15, -0.1) is 0 Å². The van der Waals surface area contributed by atoms with E-state index in [0.717, 1.165) is 13.2 Å². The van der Waals surface area contributed by atoms with E-state index in [0.29, 0.717) is 5.92 Å². The molecule has 1 heterocycles. The van der Waals surface area contributed by atoms with E-state index >= 15 is 0 Å². The van der Waals surface area contributed by atoms with Crippen LogP contribution in [0.5, 0.6) is 0 Å². The van der Waals surface area contributed by atoms with Crippen LogP contribution < -0.4 is 0 Å². The molecular formula is C6H11O. The van der Waals surface area contributed by atoms with E-state index in [-0.39, 0.29) is 0 Å². The molecule has 1 fully saturated rings. The van der Waals surface area contributed by atoms with Gasteiger partial charge in [0.2, 0.25) is 0 Å². The lowest BCUT2D eigenvalue weighted by Crippen LogP contribution is -2.13. The zero-order valence-corrected chi connectivity index (χ0v) is 4.52. The van der Waals surface area contributed by atoms with E-state index in [2.05, 4.69) is 6.92 Å². The number of ether oxygens (including phenoxy) is 1. The maximum Gasteiger partial charge on any atom is 0.0494 e. The molecule has 1 saturated heterocycles.